The van der Waals surface area contributed by atoms with Crippen LogP contribution in [0.25, 0.3) is 0 Å². The molecule has 0 saturated heterocycles. The minimum atomic E-state index is -3.24. The van der Waals surface area contributed by atoms with E-state index >= 15 is 0 Å². The molecule has 60 valence electrons. The monoisotopic (exact) mass is 158 g/mol. The summed E-state index contributed by atoms with van der Waals surface area (Å²) in [5, 5.41) is 0. The minimum Gasteiger partial charge on any atom is -0.399 e. The zero-order valence-electron chi connectivity index (χ0n) is 14.9. The molecule has 0 amide bonds. The average molecular weight is 158 g/mol. The number of nitrogens with two attached hydrogens (primary N) is 1. The van der Waals surface area contributed by atoms with E-state index in [2.05, 4.69) is 0 Å². The molecule has 0 heterocycles. The molecule has 0 aliphatic carbocycles. The van der Waals surface area contributed by atoms with E-state index in [1.165, 1.54) is 12.1 Å². The molecule has 0 aliphatic rings. The Bertz CT molecular complexity index is 429. The molecule has 2 N–H and O–H groups in total. The van der Waals surface area contributed by atoms with E-state index in [1.807, 2.05) is 0 Å². The molecule has 0 unspecified atom stereocenters. The first kappa shape index (κ1) is 2.25. The number of hydrogen-bond acceptors (Lipinski definition) is 1. The summed E-state index contributed by atoms with van der Waals surface area (Å²) >= 11 is 0. The van der Waals surface area contributed by atoms with Gasteiger partial charge in [-0.2, -0.15) is 0 Å². The van der Waals surface area contributed by atoms with Crippen molar-refractivity contribution in [3.63, 3.8) is 0 Å². The number of anilines is 1. The van der Waals surface area contributed by atoms with Crippen LogP contribution >= 0.6 is 0 Å². The van der Waals surface area contributed by atoms with Gasteiger partial charge < -0.3 is 5.73 Å². The largest absolute Gasteiger partial charge is 0.399 e. The highest BCUT2D eigenvalue weighted by molar-refractivity contribution is 5.40. The number of nitrogen functional groups attached to an aromatic ring is 1. The van der Waals surface area contributed by atoms with Crippen LogP contribution in [0.3, 0.4) is 0 Å². The second-order valence-electron chi connectivity index (χ2n) is 2.37. The summed E-state index contributed by atoms with van der Waals surface area (Å²) in [4.78, 5) is 0. The third-order valence-electron chi connectivity index (χ3n) is 1.34. The zero-order valence-corrected chi connectivity index (χ0v) is 5.89. The first-order valence-corrected chi connectivity index (χ1v) is 3.11. The fourth-order valence-corrected chi connectivity index (χ4v) is 0.733. The maximum Gasteiger partial charge on any atom is 0.0314 e. The molecule has 1 nitrogen and oxygen atoms in total. The van der Waals surface area contributed by atoms with Crippen molar-refractivity contribution in [1.82, 2.24) is 0 Å². The van der Waals surface area contributed by atoms with Gasteiger partial charge in [0.1, 0.15) is 0 Å². The molecular weight excluding hydrogens is 134 g/mol. The second kappa shape index (κ2) is 2.57. The molecule has 0 aromatic heterocycles. The van der Waals surface area contributed by atoms with Gasteiger partial charge in [0.05, 0.1) is 0 Å². The van der Waals surface area contributed by atoms with Gasteiger partial charge in [-0.15, -0.1) is 0 Å². The van der Waals surface area contributed by atoms with Crippen LogP contribution in [0.1, 0.15) is 38.5 Å². The van der Waals surface area contributed by atoms with E-state index in [0.717, 1.165) is 12.1 Å². The van der Waals surface area contributed by atoms with Gasteiger partial charge in [0.15, 0.2) is 0 Å². The van der Waals surface area contributed by atoms with Crippen molar-refractivity contribution >= 4 is 5.69 Å². The molecular formula is C10H15N. The van der Waals surface area contributed by atoms with Gasteiger partial charge in [-0.1, -0.05) is 32.7 Å². The summed E-state index contributed by atoms with van der Waals surface area (Å²) in [6.45, 7) is -9.71. The van der Waals surface area contributed by atoms with Crippen LogP contribution in [0, 0.1) is 0 Å². The number of hydrogen-bond donors (Lipinski definition) is 1. The SMILES string of the molecule is [2H]C([2H])([2H])C(c1ccc(N)cc1)(C([2H])([2H])[2H])C([2H])([2H])[2H]. The van der Waals surface area contributed by atoms with Crippen LogP contribution in [0.2, 0.25) is 0 Å². The van der Waals surface area contributed by atoms with Gasteiger partial charge in [-0.25, -0.2) is 0 Å². The van der Waals surface area contributed by atoms with Crippen LogP contribution in [0.5, 0.6) is 0 Å². The van der Waals surface area contributed by atoms with Crippen LogP contribution < -0.4 is 5.73 Å². The van der Waals surface area contributed by atoms with E-state index in [1.54, 1.807) is 0 Å². The van der Waals surface area contributed by atoms with Gasteiger partial charge in [0.2, 0.25) is 0 Å². The van der Waals surface area contributed by atoms with Crippen molar-refractivity contribution in [1.29, 1.82) is 0 Å². The molecule has 1 aromatic carbocycles. The Morgan fingerprint density at radius 3 is 2.18 bits per heavy atom. The molecule has 1 rings (SSSR count). The molecule has 0 spiro atoms. The van der Waals surface area contributed by atoms with E-state index in [4.69, 9.17) is 18.1 Å². The smallest absolute Gasteiger partial charge is 0.0314 e. The maximum absolute atomic E-state index is 7.52. The first-order valence-electron chi connectivity index (χ1n) is 7.61. The summed E-state index contributed by atoms with van der Waals surface area (Å²) in [6, 6.07) is 4.85. The van der Waals surface area contributed by atoms with Gasteiger partial charge in [0, 0.05) is 18.0 Å². The Labute approximate surface area is 80.9 Å². The molecule has 0 saturated carbocycles. The lowest BCUT2D eigenvalue weighted by molar-refractivity contribution is 0.590. The average Bonchev–Trinajstić information content (AvgIpc) is 2.14. The zero-order chi connectivity index (χ0) is 16.0. The van der Waals surface area contributed by atoms with Crippen molar-refractivity contribution in [3.05, 3.63) is 29.8 Å². The van der Waals surface area contributed by atoms with E-state index < -0.39 is 26.0 Å². The molecule has 1 aromatic rings. The second-order valence-corrected chi connectivity index (χ2v) is 2.37. The lowest BCUT2D eigenvalue weighted by atomic mass is 9.87. The van der Waals surface area contributed by atoms with Crippen LogP contribution in [0.15, 0.2) is 24.3 Å². The van der Waals surface area contributed by atoms with Crippen molar-refractivity contribution in [2.24, 2.45) is 0 Å². The molecule has 1 heteroatoms. The Morgan fingerprint density at radius 1 is 1.18 bits per heavy atom. The Kier molecular flexibility index (Phi) is 0.527. The van der Waals surface area contributed by atoms with Crippen LogP contribution in [-0.4, -0.2) is 0 Å². The van der Waals surface area contributed by atoms with Crippen molar-refractivity contribution in [3.8, 4) is 0 Å². The molecule has 0 radical (unpaired) electrons. The Balaban J connectivity index is 3.77. The summed E-state index contributed by atoms with van der Waals surface area (Å²) in [5.41, 5.74) is 2.50. The van der Waals surface area contributed by atoms with Crippen molar-refractivity contribution in [2.45, 2.75) is 26.0 Å². The van der Waals surface area contributed by atoms with E-state index in [9.17, 15) is 0 Å². The lowest BCUT2D eigenvalue weighted by Crippen LogP contribution is -2.10. The highest BCUT2D eigenvalue weighted by atomic mass is 14.5. The van der Waals surface area contributed by atoms with Gasteiger partial charge in [-0.05, 0) is 23.1 Å². The van der Waals surface area contributed by atoms with Gasteiger partial charge >= 0.3 is 0 Å². The van der Waals surface area contributed by atoms with Crippen LogP contribution in [0.4, 0.5) is 5.69 Å². The van der Waals surface area contributed by atoms with E-state index in [0.29, 0.717) is 0 Å². The number of benzene rings is 1. The summed E-state index contributed by atoms with van der Waals surface area (Å²) in [5.74, 6) is 0. The Hall–Kier alpha value is -0.980. The van der Waals surface area contributed by atoms with Gasteiger partial charge in [-0.3, -0.25) is 0 Å². The predicted octanol–water partition coefficient (Wildman–Crippen LogP) is 2.57. The molecule has 0 bridgehead atoms. The lowest BCUT2D eigenvalue weighted by Gasteiger charge is -2.18. The summed E-state index contributed by atoms with van der Waals surface area (Å²) < 4.78 is 67.7. The third-order valence-corrected chi connectivity index (χ3v) is 1.34. The summed E-state index contributed by atoms with van der Waals surface area (Å²) in [6.07, 6.45) is 0. The summed E-state index contributed by atoms with van der Waals surface area (Å²) in [7, 11) is 0. The van der Waals surface area contributed by atoms with Crippen LogP contribution in [-0.2, 0) is 5.41 Å². The quantitative estimate of drug-likeness (QED) is 0.577. The standard InChI is InChI=1S/C10H15N/c1-10(2,3)8-4-6-9(11)7-5-8/h4-7H,11H2,1-3H3/i1D3,2D3,3D3. The third kappa shape index (κ3) is 1.97. The van der Waals surface area contributed by atoms with E-state index in [-0.39, 0.29) is 11.3 Å². The fourth-order valence-electron chi connectivity index (χ4n) is 0.733. The molecule has 0 aliphatic heterocycles. The maximum atomic E-state index is 7.52. The van der Waals surface area contributed by atoms with Gasteiger partial charge in [0.25, 0.3) is 0 Å². The Morgan fingerprint density at radius 2 is 1.73 bits per heavy atom. The molecule has 11 heavy (non-hydrogen) atoms. The normalized spacial score (nSPS) is 27.1. The highest BCUT2D eigenvalue weighted by Gasteiger charge is 2.11. The fraction of sp³-hybridized carbons (Fsp3) is 0.400. The molecule has 0 fully saturated rings. The van der Waals surface area contributed by atoms with Crippen molar-refractivity contribution in [2.75, 3.05) is 5.73 Å². The predicted molar refractivity (Wildman–Crippen MR) is 49.6 cm³/mol. The molecule has 0 atom stereocenters. The number of rotatable bonds is 0. The first-order chi connectivity index (χ1) is 8.75. The topological polar surface area (TPSA) is 26.0 Å². The van der Waals surface area contributed by atoms with Crippen molar-refractivity contribution < 1.29 is 12.3 Å². The highest BCUT2D eigenvalue weighted by Crippen LogP contribution is 2.22. The minimum absolute atomic E-state index is 0.282.